The summed E-state index contributed by atoms with van der Waals surface area (Å²) in [5.41, 5.74) is 5.20. The monoisotopic (exact) mass is 228 g/mol. The molecular weight excluding hydrogens is 216 g/mol. The van der Waals surface area contributed by atoms with Crippen LogP contribution in [0.5, 0.6) is 0 Å². The number of Topliss-reactive ketones (excluding diaryl/α,β-unsaturated/α-hetero) is 1. The lowest BCUT2D eigenvalue weighted by molar-refractivity contribution is 0.0687. The fraction of sp³-hybridized carbons (Fsp3) is 0.444. The molecule has 0 aliphatic carbocycles. The van der Waals surface area contributed by atoms with Crippen molar-refractivity contribution in [1.82, 2.24) is 4.98 Å². The Labute approximate surface area is 90.9 Å². The van der Waals surface area contributed by atoms with Crippen LogP contribution in [-0.4, -0.2) is 28.4 Å². The Balaban J connectivity index is 2.98. The molecule has 1 aromatic heterocycles. The van der Waals surface area contributed by atoms with Gasteiger partial charge in [0.1, 0.15) is 4.88 Å². The number of rotatable bonds is 5. The Hall–Kier alpha value is -1.27. The van der Waals surface area contributed by atoms with Crippen molar-refractivity contribution in [3.63, 3.8) is 0 Å². The molecule has 0 saturated carbocycles. The summed E-state index contributed by atoms with van der Waals surface area (Å²) < 4.78 is 0. The molecule has 0 saturated heterocycles. The Morgan fingerprint density at radius 1 is 1.53 bits per heavy atom. The molecule has 15 heavy (non-hydrogen) atoms. The van der Waals surface area contributed by atoms with Crippen molar-refractivity contribution >= 4 is 23.1 Å². The first-order valence-corrected chi connectivity index (χ1v) is 5.32. The van der Waals surface area contributed by atoms with Crippen molar-refractivity contribution in [1.29, 1.82) is 0 Å². The van der Waals surface area contributed by atoms with Crippen LogP contribution in [-0.2, 0) is 6.42 Å². The van der Waals surface area contributed by atoms with Crippen molar-refractivity contribution in [3.05, 3.63) is 15.6 Å². The third-order valence-corrected chi connectivity index (χ3v) is 3.00. The number of carbonyl (C=O) groups is 2. The van der Waals surface area contributed by atoms with E-state index in [1.54, 1.807) is 0 Å². The second-order valence-corrected chi connectivity index (χ2v) is 4.12. The Morgan fingerprint density at radius 3 is 2.60 bits per heavy atom. The maximum atomic E-state index is 11.1. The minimum Gasteiger partial charge on any atom is -0.476 e. The highest BCUT2D eigenvalue weighted by Gasteiger charge is 2.19. The summed E-state index contributed by atoms with van der Waals surface area (Å²) in [6.45, 7) is 1.87. The number of carboxylic acids is 1. The molecule has 82 valence electrons. The number of carbonyl (C=O) groups excluding carboxylic acids is 1. The molecule has 0 fully saturated rings. The maximum Gasteiger partial charge on any atom is 0.356 e. The molecule has 6 heteroatoms. The number of carboxylic acid groups (broad SMARTS) is 1. The molecule has 0 aromatic carbocycles. The van der Waals surface area contributed by atoms with Crippen molar-refractivity contribution in [3.8, 4) is 0 Å². The normalized spacial score (nSPS) is 10.3. The minimum atomic E-state index is -1.16. The molecule has 0 radical (unpaired) electrons. The quantitative estimate of drug-likeness (QED) is 0.731. The third kappa shape index (κ3) is 2.84. The fourth-order valence-electron chi connectivity index (χ4n) is 1.11. The average molecular weight is 228 g/mol. The Bertz CT molecular complexity index is 355. The van der Waals surface area contributed by atoms with Crippen LogP contribution >= 0.6 is 11.3 Å². The van der Waals surface area contributed by atoms with Crippen molar-refractivity contribution < 1.29 is 14.7 Å². The number of hydrogen-bond donors (Lipinski definition) is 2. The minimum absolute atomic E-state index is 0.139. The number of thiazole rings is 1. The van der Waals surface area contributed by atoms with E-state index in [9.17, 15) is 9.59 Å². The highest BCUT2D eigenvalue weighted by molar-refractivity contribution is 7.14. The van der Waals surface area contributed by atoms with Crippen LogP contribution in [0.4, 0.5) is 0 Å². The van der Waals surface area contributed by atoms with Crippen molar-refractivity contribution in [2.45, 2.75) is 19.8 Å². The number of aryl methyl sites for hydroxylation is 1. The fourth-order valence-corrected chi connectivity index (χ4v) is 2.10. The number of aromatic carboxylic acids is 1. The lowest BCUT2D eigenvalue weighted by Crippen LogP contribution is -2.04. The first-order valence-electron chi connectivity index (χ1n) is 4.50. The zero-order chi connectivity index (χ0) is 11.4. The molecule has 1 rings (SSSR count). The van der Waals surface area contributed by atoms with Crippen molar-refractivity contribution in [2.75, 3.05) is 6.54 Å². The molecule has 1 heterocycles. The SMILES string of the molecule is CC(=O)c1sc(CCCN)nc1C(=O)O. The number of aromatic nitrogens is 1. The van der Waals surface area contributed by atoms with Gasteiger partial charge in [-0.3, -0.25) is 4.79 Å². The first kappa shape index (κ1) is 11.8. The van der Waals surface area contributed by atoms with Crippen LogP contribution < -0.4 is 5.73 Å². The summed E-state index contributed by atoms with van der Waals surface area (Å²) >= 11 is 1.14. The van der Waals surface area contributed by atoms with Crippen LogP contribution in [0.3, 0.4) is 0 Å². The van der Waals surface area contributed by atoms with Gasteiger partial charge in [0.2, 0.25) is 0 Å². The van der Waals surface area contributed by atoms with E-state index in [1.807, 2.05) is 0 Å². The van der Waals surface area contributed by atoms with E-state index in [4.69, 9.17) is 10.8 Å². The largest absolute Gasteiger partial charge is 0.476 e. The third-order valence-electron chi connectivity index (χ3n) is 1.79. The smallest absolute Gasteiger partial charge is 0.356 e. The number of hydrogen-bond acceptors (Lipinski definition) is 5. The molecule has 1 aromatic rings. The summed E-state index contributed by atoms with van der Waals surface area (Å²) in [6.07, 6.45) is 1.36. The van der Waals surface area contributed by atoms with E-state index in [0.717, 1.165) is 17.8 Å². The van der Waals surface area contributed by atoms with Crippen LogP contribution in [0.15, 0.2) is 0 Å². The summed E-state index contributed by atoms with van der Waals surface area (Å²) in [6, 6.07) is 0. The van der Waals surface area contributed by atoms with E-state index < -0.39 is 5.97 Å². The highest BCUT2D eigenvalue weighted by atomic mass is 32.1. The number of nitrogens with two attached hydrogens (primary N) is 1. The molecule has 0 atom stereocenters. The molecular formula is C9H12N2O3S. The predicted molar refractivity (Wildman–Crippen MR) is 56.5 cm³/mol. The summed E-state index contributed by atoms with van der Waals surface area (Å²) in [7, 11) is 0. The van der Waals surface area contributed by atoms with E-state index in [-0.39, 0.29) is 16.4 Å². The van der Waals surface area contributed by atoms with Gasteiger partial charge in [-0.2, -0.15) is 0 Å². The zero-order valence-electron chi connectivity index (χ0n) is 8.32. The van der Waals surface area contributed by atoms with Crippen molar-refractivity contribution in [2.24, 2.45) is 5.73 Å². The molecule has 3 N–H and O–H groups in total. The maximum absolute atomic E-state index is 11.1. The van der Waals surface area contributed by atoms with Gasteiger partial charge in [0.15, 0.2) is 11.5 Å². The number of nitrogens with zero attached hydrogens (tertiary/aromatic N) is 1. The molecule has 0 unspecified atom stereocenters. The Morgan fingerprint density at radius 2 is 2.20 bits per heavy atom. The molecule has 0 spiro atoms. The molecule has 5 nitrogen and oxygen atoms in total. The van der Waals surface area contributed by atoms with E-state index >= 15 is 0 Å². The Kier molecular flexibility index (Phi) is 3.93. The summed E-state index contributed by atoms with van der Waals surface area (Å²) in [4.78, 5) is 26.0. The first-order chi connectivity index (χ1) is 7.06. The average Bonchev–Trinajstić information content (AvgIpc) is 2.58. The molecule has 0 aliphatic rings. The number of ketones is 1. The van der Waals surface area contributed by atoms with Crippen LogP contribution in [0.25, 0.3) is 0 Å². The van der Waals surface area contributed by atoms with Gasteiger partial charge >= 0.3 is 5.97 Å². The lowest BCUT2D eigenvalue weighted by Gasteiger charge is -1.90. The molecule has 0 bridgehead atoms. The van der Waals surface area contributed by atoms with E-state index in [0.29, 0.717) is 18.0 Å². The van der Waals surface area contributed by atoms with Gasteiger partial charge in [0.05, 0.1) is 5.01 Å². The zero-order valence-corrected chi connectivity index (χ0v) is 9.13. The van der Waals surface area contributed by atoms with Gasteiger partial charge in [-0.05, 0) is 13.0 Å². The summed E-state index contributed by atoms with van der Waals surface area (Å²) in [5.74, 6) is -1.42. The van der Waals surface area contributed by atoms with Crippen LogP contribution in [0, 0.1) is 0 Å². The van der Waals surface area contributed by atoms with Crippen LogP contribution in [0.2, 0.25) is 0 Å². The predicted octanol–water partition coefficient (Wildman–Crippen LogP) is 0.935. The molecule has 0 amide bonds. The summed E-state index contributed by atoms with van der Waals surface area (Å²) in [5, 5.41) is 9.48. The van der Waals surface area contributed by atoms with Crippen LogP contribution in [0.1, 0.15) is 38.5 Å². The second-order valence-electron chi connectivity index (χ2n) is 3.04. The van der Waals surface area contributed by atoms with E-state index in [2.05, 4.69) is 4.98 Å². The van der Waals surface area contributed by atoms with Gasteiger partial charge in [-0.15, -0.1) is 11.3 Å². The van der Waals surface area contributed by atoms with Gasteiger partial charge in [0.25, 0.3) is 0 Å². The topological polar surface area (TPSA) is 93.3 Å². The van der Waals surface area contributed by atoms with Gasteiger partial charge in [-0.25, -0.2) is 9.78 Å². The molecule has 0 aliphatic heterocycles. The van der Waals surface area contributed by atoms with Gasteiger partial charge < -0.3 is 10.8 Å². The van der Waals surface area contributed by atoms with E-state index in [1.165, 1.54) is 6.92 Å². The van der Waals surface area contributed by atoms with Gasteiger partial charge in [0, 0.05) is 13.3 Å². The van der Waals surface area contributed by atoms with Gasteiger partial charge in [-0.1, -0.05) is 0 Å². The lowest BCUT2D eigenvalue weighted by atomic mass is 10.3. The second kappa shape index (κ2) is 4.99. The highest BCUT2D eigenvalue weighted by Crippen LogP contribution is 2.20. The standard InChI is InChI=1S/C9H12N2O3S/c1-5(12)8-7(9(13)14)11-6(15-8)3-2-4-10/h2-4,10H2,1H3,(H,13,14).